The van der Waals surface area contributed by atoms with Crippen LogP contribution in [0.3, 0.4) is 0 Å². The highest BCUT2D eigenvalue weighted by Crippen LogP contribution is 2.21. The molecule has 2 saturated heterocycles. The van der Waals surface area contributed by atoms with E-state index in [-0.39, 0.29) is 5.91 Å². The molecule has 3 rings (SSSR count). The number of morpholine rings is 1. The zero-order valence-corrected chi connectivity index (χ0v) is 15.1. The smallest absolute Gasteiger partial charge is 0.236 e. The van der Waals surface area contributed by atoms with E-state index in [0.29, 0.717) is 6.54 Å². The van der Waals surface area contributed by atoms with Gasteiger partial charge in [-0.25, -0.2) is 0 Å². The van der Waals surface area contributed by atoms with E-state index in [1.54, 1.807) is 23.1 Å². The van der Waals surface area contributed by atoms with E-state index >= 15 is 0 Å². The van der Waals surface area contributed by atoms with Crippen molar-refractivity contribution in [2.75, 3.05) is 65.3 Å². The highest BCUT2D eigenvalue weighted by atomic mass is 32.2. The SMILES string of the molecule is CSc1nnc(CN2CCN(C(=O)CN3CCOCC3)CC2)s1. The van der Waals surface area contributed by atoms with Crippen molar-refractivity contribution >= 4 is 29.0 Å². The number of piperazine rings is 1. The van der Waals surface area contributed by atoms with Crippen molar-refractivity contribution in [2.45, 2.75) is 10.9 Å². The summed E-state index contributed by atoms with van der Waals surface area (Å²) in [6, 6.07) is 0. The van der Waals surface area contributed by atoms with Crippen molar-refractivity contribution in [3.05, 3.63) is 5.01 Å². The molecule has 128 valence electrons. The van der Waals surface area contributed by atoms with E-state index in [2.05, 4.69) is 20.0 Å². The van der Waals surface area contributed by atoms with Crippen molar-refractivity contribution in [1.82, 2.24) is 24.9 Å². The molecular formula is C14H23N5O2S2. The molecule has 7 nitrogen and oxygen atoms in total. The summed E-state index contributed by atoms with van der Waals surface area (Å²) in [5.74, 6) is 0.243. The third-order valence-electron chi connectivity index (χ3n) is 4.17. The van der Waals surface area contributed by atoms with Crippen molar-refractivity contribution < 1.29 is 9.53 Å². The second kappa shape index (κ2) is 8.39. The number of rotatable bonds is 5. The Labute approximate surface area is 145 Å². The minimum atomic E-state index is 0.243. The molecule has 1 amide bonds. The lowest BCUT2D eigenvalue weighted by Gasteiger charge is -2.36. The van der Waals surface area contributed by atoms with Crippen LogP contribution in [0.15, 0.2) is 4.34 Å². The number of hydrogen-bond acceptors (Lipinski definition) is 8. The first-order valence-corrected chi connectivity index (χ1v) is 9.95. The van der Waals surface area contributed by atoms with E-state index in [1.165, 1.54) is 0 Å². The molecule has 2 fully saturated rings. The predicted octanol–water partition coefficient (Wildman–Crippen LogP) is 0.236. The van der Waals surface area contributed by atoms with Gasteiger partial charge in [-0.15, -0.1) is 10.2 Å². The summed E-state index contributed by atoms with van der Waals surface area (Å²) in [6.07, 6.45) is 2.02. The van der Waals surface area contributed by atoms with Crippen LogP contribution >= 0.6 is 23.1 Å². The number of amides is 1. The van der Waals surface area contributed by atoms with Crippen molar-refractivity contribution in [1.29, 1.82) is 0 Å². The molecule has 0 radical (unpaired) electrons. The van der Waals surface area contributed by atoms with Crippen LogP contribution < -0.4 is 0 Å². The van der Waals surface area contributed by atoms with Crippen LogP contribution in [-0.4, -0.2) is 96.1 Å². The first kappa shape index (κ1) is 17.1. The molecule has 0 bridgehead atoms. The van der Waals surface area contributed by atoms with E-state index in [4.69, 9.17) is 4.74 Å². The second-order valence-corrected chi connectivity index (χ2v) is 7.83. The van der Waals surface area contributed by atoms with Gasteiger partial charge in [0.2, 0.25) is 5.91 Å². The number of nitrogens with zero attached hydrogens (tertiary/aromatic N) is 5. The quantitative estimate of drug-likeness (QED) is 0.700. The van der Waals surface area contributed by atoms with Crippen LogP contribution in [-0.2, 0) is 16.1 Å². The first-order valence-electron chi connectivity index (χ1n) is 7.91. The molecule has 0 aliphatic carbocycles. The third-order valence-corrected chi connectivity index (χ3v) is 6.05. The van der Waals surface area contributed by atoms with Gasteiger partial charge in [0.25, 0.3) is 0 Å². The van der Waals surface area contributed by atoms with Gasteiger partial charge in [-0.05, 0) is 6.26 Å². The Morgan fingerprint density at radius 2 is 1.87 bits per heavy atom. The predicted molar refractivity (Wildman–Crippen MR) is 90.8 cm³/mol. The molecule has 2 aliphatic heterocycles. The van der Waals surface area contributed by atoms with Gasteiger partial charge in [0.1, 0.15) is 5.01 Å². The van der Waals surface area contributed by atoms with Crippen LogP contribution in [0.2, 0.25) is 0 Å². The normalized spacial score (nSPS) is 20.8. The van der Waals surface area contributed by atoms with E-state index in [1.807, 2.05) is 11.2 Å². The lowest BCUT2D eigenvalue weighted by atomic mass is 10.3. The molecule has 1 aromatic heterocycles. The molecule has 1 aromatic rings. The van der Waals surface area contributed by atoms with Gasteiger partial charge in [0.15, 0.2) is 4.34 Å². The molecule has 0 N–H and O–H groups in total. The average molecular weight is 358 g/mol. The van der Waals surface area contributed by atoms with Gasteiger partial charge in [-0.2, -0.15) is 0 Å². The van der Waals surface area contributed by atoms with Crippen molar-refractivity contribution in [3.63, 3.8) is 0 Å². The summed E-state index contributed by atoms with van der Waals surface area (Å²) < 4.78 is 6.34. The van der Waals surface area contributed by atoms with Crippen LogP contribution in [0.5, 0.6) is 0 Å². The monoisotopic (exact) mass is 357 g/mol. The zero-order valence-electron chi connectivity index (χ0n) is 13.4. The molecule has 3 heterocycles. The summed E-state index contributed by atoms with van der Waals surface area (Å²) in [4.78, 5) is 18.9. The van der Waals surface area contributed by atoms with Crippen molar-refractivity contribution in [3.8, 4) is 0 Å². The fraction of sp³-hybridized carbons (Fsp3) is 0.786. The number of aromatic nitrogens is 2. The van der Waals surface area contributed by atoms with Crippen LogP contribution in [0, 0.1) is 0 Å². The number of carbonyl (C=O) groups is 1. The average Bonchev–Trinajstić information content (AvgIpc) is 3.04. The molecule has 0 saturated carbocycles. The molecule has 23 heavy (non-hydrogen) atoms. The molecular weight excluding hydrogens is 334 g/mol. The fourth-order valence-electron chi connectivity index (χ4n) is 2.78. The Bertz CT molecular complexity index is 513. The fourth-order valence-corrected chi connectivity index (χ4v) is 4.14. The Hall–Kier alpha value is -0.740. The summed E-state index contributed by atoms with van der Waals surface area (Å²) >= 11 is 3.29. The standard InChI is InChI=1S/C14H23N5O2S2/c1-22-14-16-15-12(23-14)10-17-2-4-19(5-3-17)13(20)11-18-6-8-21-9-7-18/h2-11H2,1H3. The van der Waals surface area contributed by atoms with Gasteiger partial charge < -0.3 is 9.64 Å². The topological polar surface area (TPSA) is 61.8 Å². The summed E-state index contributed by atoms with van der Waals surface area (Å²) in [7, 11) is 0. The maximum Gasteiger partial charge on any atom is 0.236 e. The zero-order chi connectivity index (χ0) is 16.1. The van der Waals surface area contributed by atoms with Gasteiger partial charge >= 0.3 is 0 Å². The van der Waals surface area contributed by atoms with Crippen LogP contribution in [0.1, 0.15) is 5.01 Å². The Morgan fingerprint density at radius 1 is 1.13 bits per heavy atom. The Balaban J connectivity index is 1.41. The molecule has 0 unspecified atom stereocenters. The van der Waals surface area contributed by atoms with Crippen LogP contribution in [0.4, 0.5) is 0 Å². The second-order valence-electron chi connectivity index (χ2n) is 5.71. The van der Waals surface area contributed by atoms with Crippen LogP contribution in [0.25, 0.3) is 0 Å². The van der Waals surface area contributed by atoms with Crippen molar-refractivity contribution in [2.24, 2.45) is 0 Å². The minimum Gasteiger partial charge on any atom is -0.379 e. The van der Waals surface area contributed by atoms with Gasteiger partial charge in [0.05, 0.1) is 26.3 Å². The van der Waals surface area contributed by atoms with E-state index in [0.717, 1.165) is 68.4 Å². The van der Waals surface area contributed by atoms with E-state index in [9.17, 15) is 4.79 Å². The Morgan fingerprint density at radius 3 is 2.52 bits per heavy atom. The molecule has 0 atom stereocenters. The van der Waals surface area contributed by atoms with Gasteiger partial charge in [-0.3, -0.25) is 14.6 Å². The highest BCUT2D eigenvalue weighted by molar-refractivity contribution is 8.00. The third kappa shape index (κ3) is 4.87. The minimum absolute atomic E-state index is 0.243. The number of ether oxygens (including phenoxy) is 1. The summed E-state index contributed by atoms with van der Waals surface area (Å²) in [5, 5.41) is 9.41. The van der Waals surface area contributed by atoms with Gasteiger partial charge in [0, 0.05) is 39.3 Å². The summed E-state index contributed by atoms with van der Waals surface area (Å²) in [6.45, 7) is 7.98. The lowest BCUT2D eigenvalue weighted by Crippen LogP contribution is -2.51. The number of thioether (sulfide) groups is 1. The summed E-state index contributed by atoms with van der Waals surface area (Å²) in [5.41, 5.74) is 0. The first-order chi connectivity index (χ1) is 11.2. The lowest BCUT2D eigenvalue weighted by molar-refractivity contribution is -0.135. The number of hydrogen-bond donors (Lipinski definition) is 0. The molecule has 2 aliphatic rings. The maximum atomic E-state index is 12.4. The molecule has 9 heteroatoms. The largest absolute Gasteiger partial charge is 0.379 e. The van der Waals surface area contributed by atoms with Gasteiger partial charge in [-0.1, -0.05) is 23.1 Å². The molecule has 0 spiro atoms. The van der Waals surface area contributed by atoms with E-state index < -0.39 is 0 Å². The number of carbonyl (C=O) groups excluding carboxylic acids is 1. The molecule has 0 aromatic carbocycles. The Kier molecular flexibility index (Phi) is 6.23. The highest BCUT2D eigenvalue weighted by Gasteiger charge is 2.24. The maximum absolute atomic E-state index is 12.4.